The van der Waals surface area contributed by atoms with Crippen LogP contribution in [0.5, 0.6) is 0 Å². The summed E-state index contributed by atoms with van der Waals surface area (Å²) in [7, 11) is 0. The van der Waals surface area contributed by atoms with Gasteiger partial charge < -0.3 is 32.5 Å². The molecular weight excluding hydrogens is 530 g/mol. The van der Waals surface area contributed by atoms with E-state index in [1.807, 2.05) is 0 Å². The molecular formula is C6H15Ar8N3O6. The molecule has 0 radical (unpaired) electrons. The molecule has 0 spiro atoms. The molecule has 0 amide bonds. The first kappa shape index (κ1) is 69.7. The molecule has 0 rings (SSSR count). The number of carboxylic acids is 3. The van der Waals surface area contributed by atoms with Gasteiger partial charge in [-0.2, -0.15) is 0 Å². The van der Waals surface area contributed by atoms with Gasteiger partial charge >= 0.3 is 17.9 Å². The van der Waals surface area contributed by atoms with Crippen LogP contribution in [0, 0.1) is 302 Å². The van der Waals surface area contributed by atoms with E-state index in [0.29, 0.717) is 0 Å². The van der Waals surface area contributed by atoms with Crippen molar-refractivity contribution in [3.63, 3.8) is 0 Å². The van der Waals surface area contributed by atoms with Crippen LogP contribution in [0.1, 0.15) is 0 Å². The van der Waals surface area contributed by atoms with E-state index in [1.165, 1.54) is 0 Å². The van der Waals surface area contributed by atoms with Gasteiger partial charge in [-0.15, -0.1) is 0 Å². The molecule has 0 saturated heterocycles. The van der Waals surface area contributed by atoms with Gasteiger partial charge in [0.25, 0.3) is 0 Å². The van der Waals surface area contributed by atoms with Crippen LogP contribution in [0.4, 0.5) is 0 Å². The van der Waals surface area contributed by atoms with Crippen molar-refractivity contribution in [2.75, 3.05) is 19.6 Å². The molecule has 0 aromatic heterocycles. The molecule has 17 heteroatoms. The number of carboxylic acid groups (broad SMARTS) is 3. The van der Waals surface area contributed by atoms with Crippen molar-refractivity contribution in [1.82, 2.24) is 0 Å². The third-order valence-corrected chi connectivity index (χ3v) is 0.524. The summed E-state index contributed by atoms with van der Waals surface area (Å²) in [5.41, 5.74) is 13.7. The Kier molecular flexibility index (Phi) is 191. The molecule has 0 heterocycles. The Hall–Kier alpha value is 8.37. The zero-order chi connectivity index (χ0) is 12.9. The van der Waals surface area contributed by atoms with E-state index in [0.717, 1.165) is 0 Å². The fraction of sp³-hybridized carbons (Fsp3) is 0.500. The minimum absolute atomic E-state index is 0. The molecule has 9 N–H and O–H groups in total. The minimum atomic E-state index is -0.968. The maximum Gasteiger partial charge on any atom is 0.317 e. The smallest absolute Gasteiger partial charge is 0.317 e. The van der Waals surface area contributed by atoms with Crippen LogP contribution in [-0.2, 0) is 14.4 Å². The minimum Gasteiger partial charge on any atom is -0.480 e. The van der Waals surface area contributed by atoms with E-state index >= 15 is 0 Å². The maximum atomic E-state index is 9.24. The number of hydrogen-bond donors (Lipinski definition) is 6. The molecule has 0 aliphatic rings. The number of nitrogens with two attached hydrogens (primary N) is 3. The van der Waals surface area contributed by atoms with Crippen molar-refractivity contribution < 1.29 is 332 Å². The van der Waals surface area contributed by atoms with E-state index in [9.17, 15) is 14.4 Å². The Morgan fingerprint density at radius 3 is 0.522 bits per heavy atom. The Balaban J connectivity index is -0.00000000889. The van der Waals surface area contributed by atoms with Crippen molar-refractivity contribution in [2.24, 2.45) is 17.2 Å². The second-order valence-corrected chi connectivity index (χ2v) is 1.79. The molecule has 0 aliphatic heterocycles. The monoisotopic (exact) mass is 545 g/mol. The molecule has 0 aromatic carbocycles. The molecule has 0 atom stereocenters. The van der Waals surface area contributed by atoms with Gasteiger partial charge in [-0.25, -0.2) is 0 Å². The van der Waals surface area contributed by atoms with E-state index in [-0.39, 0.29) is 322 Å². The summed E-state index contributed by atoms with van der Waals surface area (Å²) in [6.45, 7) is -0.833. The summed E-state index contributed by atoms with van der Waals surface area (Å²) in [6.07, 6.45) is 0. The fourth-order valence-corrected chi connectivity index (χ4v) is 0. The molecule has 0 aromatic rings. The van der Waals surface area contributed by atoms with E-state index < -0.39 is 17.9 Å². The van der Waals surface area contributed by atoms with Crippen LogP contribution in [-0.4, -0.2) is 52.9 Å². The zero-order valence-corrected chi connectivity index (χ0v) is 16.4. The Labute approximate surface area is 374 Å². The number of aliphatic carboxylic acids is 3. The van der Waals surface area contributed by atoms with Crippen LogP contribution in [0.15, 0.2) is 0 Å². The summed E-state index contributed by atoms with van der Waals surface area (Å²) in [5.74, 6) is -2.90. The van der Waals surface area contributed by atoms with Crippen LogP contribution in [0.25, 0.3) is 0 Å². The first-order chi connectivity index (χ1) is 6.81. The SMILES string of the molecule is NCC(=O)O.NCC(=O)O.NCC(=O)O.[Ar].[Ar].[Ar].[Ar].[Ar].[Ar].[Ar].[Ar]. The van der Waals surface area contributed by atoms with Crippen molar-refractivity contribution in [2.45, 2.75) is 0 Å². The number of hydrogen-bond acceptors (Lipinski definition) is 6. The standard InChI is InChI=1S/3C2H5NO2.8Ar/c3*3-1-2(4)5;;;;;;;;/h3*1,3H2,(H,4,5);;;;;;;;. The Bertz CT molecular complexity index is 183. The van der Waals surface area contributed by atoms with E-state index in [4.69, 9.17) is 15.3 Å². The van der Waals surface area contributed by atoms with Crippen LogP contribution in [0.2, 0.25) is 0 Å². The molecule has 154 valence electrons. The molecule has 0 aliphatic carbocycles. The van der Waals surface area contributed by atoms with Crippen molar-refractivity contribution in [3.05, 3.63) is 0 Å². The first-order valence-electron chi connectivity index (χ1n) is 3.57. The van der Waals surface area contributed by atoms with Crippen molar-refractivity contribution in [1.29, 1.82) is 0 Å². The predicted octanol–water partition coefficient (Wildman–Crippen LogP) is -2.91. The van der Waals surface area contributed by atoms with Gasteiger partial charge in [-0.1, -0.05) is 0 Å². The Morgan fingerprint density at radius 2 is 0.522 bits per heavy atom. The number of carbonyl (C=O) groups is 3. The quantitative estimate of drug-likeness (QED) is 0.216. The normalized spacial score (nSPS) is 4.83. The van der Waals surface area contributed by atoms with Gasteiger partial charge in [-0.3, -0.25) is 14.4 Å². The second-order valence-electron chi connectivity index (χ2n) is 1.79. The average molecular weight is 545 g/mol. The maximum absolute atomic E-state index is 9.24. The summed E-state index contributed by atoms with van der Waals surface area (Å²) in [5, 5.41) is 22.8. The van der Waals surface area contributed by atoms with E-state index in [1.54, 1.807) is 0 Å². The first-order valence-corrected chi connectivity index (χ1v) is 3.57. The average Bonchev–Trinajstić information content (AvgIpc) is 2.19. The Morgan fingerprint density at radius 1 is 0.478 bits per heavy atom. The molecule has 9 nitrogen and oxygen atoms in total. The third-order valence-electron chi connectivity index (χ3n) is 0.524. The summed E-state index contributed by atoms with van der Waals surface area (Å²) in [4.78, 5) is 27.7. The summed E-state index contributed by atoms with van der Waals surface area (Å²) in [6, 6.07) is 0. The van der Waals surface area contributed by atoms with Crippen molar-refractivity contribution in [3.8, 4) is 0 Å². The van der Waals surface area contributed by atoms with Gasteiger partial charge in [0.1, 0.15) is 0 Å². The van der Waals surface area contributed by atoms with E-state index in [2.05, 4.69) is 17.2 Å². The van der Waals surface area contributed by atoms with Crippen LogP contribution < -0.4 is 17.2 Å². The molecule has 0 unspecified atom stereocenters. The zero-order valence-electron chi connectivity index (χ0n) is 10.7. The van der Waals surface area contributed by atoms with Gasteiger partial charge in [0.05, 0.1) is 19.6 Å². The second kappa shape index (κ2) is 63.1. The summed E-state index contributed by atoms with van der Waals surface area (Å²) < 4.78 is 0. The number of rotatable bonds is 3. The topological polar surface area (TPSA) is 190 Å². The summed E-state index contributed by atoms with van der Waals surface area (Å²) >= 11 is 0. The van der Waals surface area contributed by atoms with Gasteiger partial charge in [-0.05, 0) is 0 Å². The van der Waals surface area contributed by atoms with Gasteiger partial charge in [0.15, 0.2) is 0 Å². The molecule has 23 heavy (non-hydrogen) atoms. The van der Waals surface area contributed by atoms with Gasteiger partial charge in [0, 0.05) is 302 Å². The largest absolute Gasteiger partial charge is 0.480 e. The van der Waals surface area contributed by atoms with Crippen LogP contribution in [0.3, 0.4) is 0 Å². The third kappa shape index (κ3) is 118. The molecule has 0 bridgehead atoms. The van der Waals surface area contributed by atoms with Gasteiger partial charge in [0.2, 0.25) is 0 Å². The predicted molar refractivity (Wildman–Crippen MR) is 50.1 cm³/mol. The molecule has 0 fully saturated rings. The molecule has 0 saturated carbocycles. The fourth-order valence-electron chi connectivity index (χ4n) is 0. The van der Waals surface area contributed by atoms with Crippen molar-refractivity contribution >= 4 is 17.9 Å². The van der Waals surface area contributed by atoms with Crippen LogP contribution >= 0.6 is 0 Å².